The Balaban J connectivity index is 0.00000312. The number of sulfonamides is 1. The summed E-state index contributed by atoms with van der Waals surface area (Å²) < 4.78 is 64.5. The normalized spacial score (nSPS) is 15.8. The van der Waals surface area contributed by atoms with Gasteiger partial charge in [0.05, 0.1) is 10.6 Å². The van der Waals surface area contributed by atoms with Gasteiger partial charge in [0, 0.05) is 32.7 Å². The van der Waals surface area contributed by atoms with E-state index in [1.165, 1.54) is 0 Å². The van der Waals surface area contributed by atoms with E-state index in [-0.39, 0.29) is 36.3 Å². The summed E-state index contributed by atoms with van der Waals surface area (Å²) in [6.07, 6.45) is -3.96. The van der Waals surface area contributed by atoms with Gasteiger partial charge in [0.1, 0.15) is 4.90 Å². The van der Waals surface area contributed by atoms with E-state index in [1.54, 1.807) is 0 Å². The zero-order valence-electron chi connectivity index (χ0n) is 13.7. The highest BCUT2D eigenvalue weighted by molar-refractivity contribution is 7.89. The molecule has 5 nitrogen and oxygen atoms in total. The third-order valence-corrected chi connectivity index (χ3v) is 5.65. The molecule has 2 N–H and O–H groups in total. The monoisotopic (exact) mass is 457 g/mol. The maximum absolute atomic E-state index is 12.6. The van der Waals surface area contributed by atoms with Crippen molar-refractivity contribution in [3.8, 4) is 0 Å². The Morgan fingerprint density at radius 3 is 2.35 bits per heavy atom. The molecule has 2 rings (SSSR count). The van der Waals surface area contributed by atoms with E-state index in [9.17, 15) is 21.6 Å². The molecule has 1 aromatic carbocycles. The average Bonchev–Trinajstić information content (AvgIpc) is 2.51. The molecule has 1 heterocycles. The van der Waals surface area contributed by atoms with Crippen molar-refractivity contribution in [2.75, 3.05) is 39.3 Å². The molecule has 0 atom stereocenters. The minimum atomic E-state index is -4.57. The molecular weight excluding hydrogens is 438 g/mol. The minimum Gasteiger partial charge on any atom is -0.314 e. The molecule has 0 spiro atoms. The molecule has 1 saturated heterocycles. The Kier molecular flexibility index (Phi) is 10.8. The lowest BCUT2D eigenvalue weighted by molar-refractivity contribution is -0.137. The predicted octanol–water partition coefficient (Wildman–Crippen LogP) is 2.78. The van der Waals surface area contributed by atoms with E-state index >= 15 is 0 Å². The van der Waals surface area contributed by atoms with Crippen LogP contribution in [-0.4, -0.2) is 52.6 Å². The average molecular weight is 459 g/mol. The third-order valence-electron chi connectivity index (χ3n) is 3.70. The van der Waals surface area contributed by atoms with Gasteiger partial charge < -0.3 is 10.2 Å². The summed E-state index contributed by atoms with van der Waals surface area (Å²) in [5.41, 5.74) is -0.981. The van der Waals surface area contributed by atoms with Crippen LogP contribution in [0.1, 0.15) is 12.0 Å². The fourth-order valence-corrected chi connectivity index (χ4v) is 4.03. The van der Waals surface area contributed by atoms with Crippen LogP contribution >= 0.6 is 36.4 Å². The fraction of sp³-hybridized carbons (Fsp3) is 0.571. The van der Waals surface area contributed by atoms with Crippen molar-refractivity contribution < 1.29 is 21.6 Å². The van der Waals surface area contributed by atoms with Gasteiger partial charge in [0.15, 0.2) is 0 Å². The van der Waals surface area contributed by atoms with E-state index < -0.39 is 26.8 Å². The van der Waals surface area contributed by atoms with Crippen LogP contribution < -0.4 is 10.0 Å². The van der Waals surface area contributed by atoms with Gasteiger partial charge in [-0.3, -0.25) is 0 Å². The Hall–Kier alpha value is -0.290. The first-order chi connectivity index (χ1) is 11.2. The van der Waals surface area contributed by atoms with Crippen LogP contribution in [0.15, 0.2) is 23.1 Å². The Bertz CT molecular complexity index is 669. The summed E-state index contributed by atoms with van der Waals surface area (Å²) in [5.74, 6) is 0. The number of nitrogens with zero attached hydrogens (tertiary/aromatic N) is 1. The summed E-state index contributed by atoms with van der Waals surface area (Å²) in [6, 6.07) is 2.21. The number of alkyl halides is 3. The molecule has 26 heavy (non-hydrogen) atoms. The van der Waals surface area contributed by atoms with E-state index in [0.717, 1.165) is 38.8 Å². The molecule has 0 aliphatic carbocycles. The van der Waals surface area contributed by atoms with E-state index in [0.29, 0.717) is 18.6 Å². The molecular formula is C14H21Cl3F3N3O2S. The smallest absolute Gasteiger partial charge is 0.314 e. The standard InChI is InChI=1S/C14H19ClF3N3O2S.2ClH/c15-12-10-11(14(16,17)18)2-3-13(12)24(22,23)20-4-1-7-21-8-5-19-6-9-21;;/h2-3,10,19-20H,1,4-9H2;2*1H. The van der Waals surface area contributed by atoms with Crippen molar-refractivity contribution in [3.63, 3.8) is 0 Å². The first-order valence-corrected chi connectivity index (χ1v) is 9.36. The van der Waals surface area contributed by atoms with Crippen LogP contribution in [0.25, 0.3) is 0 Å². The summed E-state index contributed by atoms with van der Waals surface area (Å²) in [6.45, 7) is 4.60. The molecule has 1 aliphatic heterocycles. The number of piperazine rings is 1. The van der Waals surface area contributed by atoms with Crippen LogP contribution in [0, 0.1) is 0 Å². The van der Waals surface area contributed by atoms with Crippen LogP contribution in [0.4, 0.5) is 13.2 Å². The zero-order valence-corrected chi connectivity index (χ0v) is 16.9. The second-order valence-corrected chi connectivity index (χ2v) is 7.63. The Morgan fingerprint density at radius 1 is 1.19 bits per heavy atom. The summed E-state index contributed by atoms with van der Waals surface area (Å²) >= 11 is 5.72. The van der Waals surface area contributed by atoms with Gasteiger partial charge in [-0.25, -0.2) is 13.1 Å². The van der Waals surface area contributed by atoms with Crippen molar-refractivity contribution in [2.45, 2.75) is 17.5 Å². The van der Waals surface area contributed by atoms with E-state index in [4.69, 9.17) is 11.6 Å². The Labute approximate surface area is 168 Å². The van der Waals surface area contributed by atoms with Gasteiger partial charge in [-0.05, 0) is 31.2 Å². The second-order valence-electron chi connectivity index (χ2n) is 5.49. The molecule has 0 bridgehead atoms. The van der Waals surface area contributed by atoms with Crippen molar-refractivity contribution in [1.29, 1.82) is 0 Å². The lowest BCUT2D eigenvalue weighted by Gasteiger charge is -2.27. The molecule has 152 valence electrons. The summed E-state index contributed by atoms with van der Waals surface area (Å²) in [5, 5.41) is 2.78. The van der Waals surface area contributed by atoms with E-state index in [2.05, 4.69) is 14.9 Å². The molecule has 0 saturated carbocycles. The minimum absolute atomic E-state index is 0. The van der Waals surface area contributed by atoms with Crippen molar-refractivity contribution in [2.24, 2.45) is 0 Å². The van der Waals surface area contributed by atoms with Crippen molar-refractivity contribution >= 4 is 46.4 Å². The van der Waals surface area contributed by atoms with Gasteiger partial charge in [0.2, 0.25) is 10.0 Å². The van der Waals surface area contributed by atoms with Crippen LogP contribution in [0.2, 0.25) is 5.02 Å². The lowest BCUT2D eigenvalue weighted by atomic mass is 10.2. The molecule has 0 amide bonds. The van der Waals surface area contributed by atoms with Gasteiger partial charge in [-0.2, -0.15) is 13.2 Å². The maximum atomic E-state index is 12.6. The number of benzene rings is 1. The van der Waals surface area contributed by atoms with Gasteiger partial charge in [-0.1, -0.05) is 11.6 Å². The molecule has 1 fully saturated rings. The van der Waals surface area contributed by atoms with Gasteiger partial charge in [-0.15, -0.1) is 24.8 Å². The molecule has 0 aromatic heterocycles. The van der Waals surface area contributed by atoms with Crippen LogP contribution in [0.3, 0.4) is 0 Å². The first kappa shape index (κ1) is 25.7. The van der Waals surface area contributed by atoms with Crippen molar-refractivity contribution in [3.05, 3.63) is 28.8 Å². The number of hydrogen-bond donors (Lipinski definition) is 2. The highest BCUT2D eigenvalue weighted by Crippen LogP contribution is 2.33. The summed E-state index contributed by atoms with van der Waals surface area (Å²) in [7, 11) is -3.94. The molecule has 0 radical (unpaired) electrons. The predicted molar refractivity (Wildman–Crippen MR) is 100 cm³/mol. The third kappa shape index (κ3) is 7.38. The molecule has 0 unspecified atom stereocenters. The lowest BCUT2D eigenvalue weighted by Crippen LogP contribution is -2.44. The van der Waals surface area contributed by atoms with Gasteiger partial charge >= 0.3 is 6.18 Å². The SMILES string of the molecule is Cl.Cl.O=S(=O)(NCCCN1CCNCC1)c1ccc(C(F)(F)F)cc1Cl. The first-order valence-electron chi connectivity index (χ1n) is 7.49. The Morgan fingerprint density at radius 2 is 1.81 bits per heavy atom. The molecule has 1 aromatic rings. The molecule has 12 heteroatoms. The topological polar surface area (TPSA) is 61.4 Å². The second kappa shape index (κ2) is 10.9. The number of hydrogen-bond acceptors (Lipinski definition) is 4. The number of nitrogens with one attached hydrogen (secondary N) is 2. The molecule has 1 aliphatic rings. The highest BCUT2D eigenvalue weighted by atomic mass is 35.5. The highest BCUT2D eigenvalue weighted by Gasteiger charge is 2.32. The van der Waals surface area contributed by atoms with Gasteiger partial charge in [0.25, 0.3) is 0 Å². The summed E-state index contributed by atoms with van der Waals surface area (Å²) in [4.78, 5) is 1.87. The quantitative estimate of drug-likeness (QED) is 0.644. The maximum Gasteiger partial charge on any atom is 0.416 e. The van der Waals surface area contributed by atoms with E-state index in [1.807, 2.05) is 0 Å². The van der Waals surface area contributed by atoms with Crippen molar-refractivity contribution in [1.82, 2.24) is 14.9 Å². The fourth-order valence-electron chi connectivity index (χ4n) is 2.42. The zero-order chi connectivity index (χ0) is 17.8. The number of halogens is 6. The van der Waals surface area contributed by atoms with Crippen LogP contribution in [0.5, 0.6) is 0 Å². The van der Waals surface area contributed by atoms with Crippen LogP contribution in [-0.2, 0) is 16.2 Å². The number of rotatable bonds is 6. The largest absolute Gasteiger partial charge is 0.416 e.